The Bertz CT molecular complexity index is 1010. The standard InChI is InChI=1S/C23H31FN2O8/c1-11(2)26-12(3)16(8-14-6-7-15(31-5)9-17(14)24)22(25-26)34-23-21(30)20(29)19(28)18(33-23)10-32-13(4)27/h6-7,9,11,18-21,23,28-30H,8,10H2,1-5H3/t18-,19-,20+,21-,23?/m1/s1. The molecule has 0 spiro atoms. The van der Waals surface area contributed by atoms with Gasteiger partial charge in [-0.15, -0.1) is 5.10 Å². The number of nitrogens with zero attached hydrogens (tertiary/aromatic N) is 2. The number of carbonyl (C=O) groups excluding carboxylic acids is 1. The van der Waals surface area contributed by atoms with E-state index < -0.39 is 42.5 Å². The summed E-state index contributed by atoms with van der Waals surface area (Å²) in [5.74, 6) is -0.586. The van der Waals surface area contributed by atoms with Crippen LogP contribution in [-0.4, -0.2) is 75.5 Å². The summed E-state index contributed by atoms with van der Waals surface area (Å²) in [4.78, 5) is 11.1. The average Bonchev–Trinajstić information content (AvgIpc) is 3.09. The number of ether oxygens (including phenoxy) is 4. The Hall–Kier alpha value is -2.73. The Balaban J connectivity index is 1.91. The molecule has 2 aromatic rings. The van der Waals surface area contributed by atoms with E-state index in [1.54, 1.807) is 16.8 Å². The quantitative estimate of drug-likeness (QED) is 0.476. The fourth-order valence-corrected chi connectivity index (χ4v) is 3.78. The molecular weight excluding hydrogens is 451 g/mol. The van der Waals surface area contributed by atoms with E-state index in [1.165, 1.54) is 20.1 Å². The molecule has 1 aliphatic heterocycles. The summed E-state index contributed by atoms with van der Waals surface area (Å²) in [5, 5.41) is 35.4. The number of rotatable bonds is 8. The van der Waals surface area contributed by atoms with Crippen molar-refractivity contribution in [2.24, 2.45) is 0 Å². The van der Waals surface area contributed by atoms with Gasteiger partial charge in [-0.2, -0.15) is 0 Å². The van der Waals surface area contributed by atoms with Crippen LogP contribution in [0.5, 0.6) is 11.6 Å². The minimum atomic E-state index is -1.62. The van der Waals surface area contributed by atoms with E-state index in [4.69, 9.17) is 18.9 Å². The highest BCUT2D eigenvalue weighted by molar-refractivity contribution is 5.65. The molecule has 1 saturated heterocycles. The zero-order chi connectivity index (χ0) is 25.2. The van der Waals surface area contributed by atoms with Crippen LogP contribution in [0, 0.1) is 12.7 Å². The Kier molecular flexibility index (Phi) is 8.13. The van der Waals surface area contributed by atoms with Crippen LogP contribution >= 0.6 is 0 Å². The third kappa shape index (κ3) is 5.49. The maximum atomic E-state index is 14.7. The van der Waals surface area contributed by atoms with Gasteiger partial charge in [0, 0.05) is 36.7 Å². The van der Waals surface area contributed by atoms with Crippen LogP contribution in [0.3, 0.4) is 0 Å². The lowest BCUT2D eigenvalue weighted by Gasteiger charge is -2.39. The first-order valence-electron chi connectivity index (χ1n) is 10.9. The molecule has 3 rings (SSSR count). The summed E-state index contributed by atoms with van der Waals surface area (Å²) in [6.45, 7) is 6.51. The number of halogens is 1. The lowest BCUT2D eigenvalue weighted by molar-refractivity contribution is -0.279. The maximum absolute atomic E-state index is 14.7. The lowest BCUT2D eigenvalue weighted by atomic mass is 9.99. The smallest absolute Gasteiger partial charge is 0.302 e. The third-order valence-corrected chi connectivity index (χ3v) is 5.70. The number of esters is 1. The van der Waals surface area contributed by atoms with E-state index >= 15 is 0 Å². The van der Waals surface area contributed by atoms with E-state index in [0.29, 0.717) is 16.9 Å². The largest absolute Gasteiger partial charge is 0.497 e. The number of carbonyl (C=O) groups is 1. The van der Waals surface area contributed by atoms with Gasteiger partial charge < -0.3 is 34.3 Å². The number of hydrogen-bond donors (Lipinski definition) is 3. The lowest BCUT2D eigenvalue weighted by Crippen LogP contribution is -2.60. The van der Waals surface area contributed by atoms with Crippen molar-refractivity contribution in [3.8, 4) is 11.6 Å². The highest BCUT2D eigenvalue weighted by atomic mass is 19.1. The highest BCUT2D eigenvalue weighted by Gasteiger charge is 2.46. The molecule has 1 aromatic heterocycles. The molecule has 1 fully saturated rings. The van der Waals surface area contributed by atoms with Crippen molar-refractivity contribution in [2.45, 2.75) is 70.9 Å². The number of aromatic nitrogens is 2. The molecule has 3 N–H and O–H groups in total. The summed E-state index contributed by atoms with van der Waals surface area (Å²) in [7, 11) is 1.45. The van der Waals surface area contributed by atoms with E-state index in [0.717, 1.165) is 5.69 Å². The second kappa shape index (κ2) is 10.7. The van der Waals surface area contributed by atoms with Crippen molar-refractivity contribution < 1.29 is 43.5 Å². The van der Waals surface area contributed by atoms with Gasteiger partial charge in [0.25, 0.3) is 0 Å². The molecule has 34 heavy (non-hydrogen) atoms. The third-order valence-electron chi connectivity index (χ3n) is 5.70. The highest BCUT2D eigenvalue weighted by Crippen LogP contribution is 2.31. The van der Waals surface area contributed by atoms with Gasteiger partial charge in [0.2, 0.25) is 12.2 Å². The zero-order valence-electron chi connectivity index (χ0n) is 19.8. The second-order valence-electron chi connectivity index (χ2n) is 8.48. The summed E-state index contributed by atoms with van der Waals surface area (Å²) in [6, 6.07) is 4.49. The molecule has 1 aromatic carbocycles. The van der Waals surface area contributed by atoms with Crippen molar-refractivity contribution in [3.63, 3.8) is 0 Å². The Morgan fingerprint density at radius 3 is 2.53 bits per heavy atom. The number of benzene rings is 1. The van der Waals surface area contributed by atoms with Crippen LogP contribution in [0.2, 0.25) is 0 Å². The predicted octanol–water partition coefficient (Wildman–Crippen LogP) is 1.26. The molecule has 188 valence electrons. The molecule has 1 unspecified atom stereocenters. The van der Waals surface area contributed by atoms with Crippen molar-refractivity contribution >= 4 is 5.97 Å². The fourth-order valence-electron chi connectivity index (χ4n) is 3.78. The van der Waals surface area contributed by atoms with E-state index in [-0.39, 0.29) is 24.9 Å². The topological polar surface area (TPSA) is 132 Å². The average molecular weight is 483 g/mol. The van der Waals surface area contributed by atoms with E-state index in [9.17, 15) is 24.5 Å². The molecule has 0 radical (unpaired) electrons. The first-order valence-corrected chi connectivity index (χ1v) is 10.9. The predicted molar refractivity (Wildman–Crippen MR) is 117 cm³/mol. The first kappa shape index (κ1) is 25.9. The van der Waals surface area contributed by atoms with Gasteiger partial charge in [0.1, 0.15) is 42.6 Å². The van der Waals surface area contributed by atoms with Crippen LogP contribution in [0.25, 0.3) is 0 Å². The summed E-state index contributed by atoms with van der Waals surface area (Å²) >= 11 is 0. The number of methoxy groups -OCH3 is 1. The first-order chi connectivity index (χ1) is 16.0. The molecule has 0 aliphatic carbocycles. The summed E-state index contributed by atoms with van der Waals surface area (Å²) in [5.41, 5.74) is 1.67. The van der Waals surface area contributed by atoms with Gasteiger partial charge in [-0.25, -0.2) is 4.39 Å². The molecular formula is C23H31FN2O8. The van der Waals surface area contributed by atoms with E-state index in [2.05, 4.69) is 5.10 Å². The van der Waals surface area contributed by atoms with Crippen LogP contribution in [0.1, 0.15) is 43.6 Å². The van der Waals surface area contributed by atoms with Gasteiger partial charge in [-0.3, -0.25) is 9.48 Å². The number of aliphatic hydroxyl groups is 3. The second-order valence-corrected chi connectivity index (χ2v) is 8.48. The zero-order valence-corrected chi connectivity index (χ0v) is 19.8. The molecule has 11 heteroatoms. The van der Waals surface area contributed by atoms with Gasteiger partial charge in [-0.1, -0.05) is 6.07 Å². The van der Waals surface area contributed by atoms with Crippen molar-refractivity contribution in [2.75, 3.05) is 13.7 Å². The molecule has 1 aliphatic rings. The molecule has 2 heterocycles. The maximum Gasteiger partial charge on any atom is 0.302 e. The minimum Gasteiger partial charge on any atom is -0.497 e. The van der Waals surface area contributed by atoms with Crippen LogP contribution in [0.15, 0.2) is 18.2 Å². The SMILES string of the molecule is COc1ccc(Cc2c(OC3O[C@H](COC(C)=O)[C@@H](O)[C@H](O)[C@H]3O)nn(C(C)C)c2C)c(F)c1. The summed E-state index contributed by atoms with van der Waals surface area (Å²) in [6.07, 6.45) is -7.16. The number of hydrogen-bond acceptors (Lipinski definition) is 9. The van der Waals surface area contributed by atoms with Gasteiger partial charge in [-0.05, 0) is 32.4 Å². The molecule has 5 atom stereocenters. The Labute approximate surface area is 196 Å². The summed E-state index contributed by atoms with van der Waals surface area (Å²) < 4.78 is 37.8. The Morgan fingerprint density at radius 1 is 1.24 bits per heavy atom. The van der Waals surface area contributed by atoms with Gasteiger partial charge >= 0.3 is 5.97 Å². The van der Waals surface area contributed by atoms with E-state index in [1.807, 2.05) is 20.8 Å². The van der Waals surface area contributed by atoms with Crippen molar-refractivity contribution in [3.05, 3.63) is 40.8 Å². The Morgan fingerprint density at radius 2 is 1.94 bits per heavy atom. The number of aliphatic hydroxyl groups excluding tert-OH is 3. The van der Waals surface area contributed by atoms with Crippen molar-refractivity contribution in [1.29, 1.82) is 0 Å². The fraction of sp³-hybridized carbons (Fsp3) is 0.565. The molecule has 10 nitrogen and oxygen atoms in total. The van der Waals surface area contributed by atoms with Crippen molar-refractivity contribution in [1.82, 2.24) is 9.78 Å². The molecule has 0 amide bonds. The molecule has 0 saturated carbocycles. The van der Waals surface area contributed by atoms with Crippen LogP contribution < -0.4 is 9.47 Å². The van der Waals surface area contributed by atoms with Crippen LogP contribution in [-0.2, 0) is 20.7 Å². The minimum absolute atomic E-state index is 0.0434. The normalized spacial score (nSPS) is 24.8. The monoisotopic (exact) mass is 482 g/mol. The van der Waals surface area contributed by atoms with Crippen LogP contribution in [0.4, 0.5) is 4.39 Å². The van der Waals surface area contributed by atoms with Gasteiger partial charge in [0.15, 0.2) is 0 Å². The van der Waals surface area contributed by atoms with Gasteiger partial charge in [0.05, 0.1) is 7.11 Å². The molecule has 0 bridgehead atoms.